The first-order valence-electron chi connectivity index (χ1n) is 8.59. The normalized spacial score (nSPS) is 16.8. The van der Waals surface area contributed by atoms with Gasteiger partial charge in [0.1, 0.15) is 17.3 Å². The zero-order valence-corrected chi connectivity index (χ0v) is 14.7. The van der Waals surface area contributed by atoms with Gasteiger partial charge in [0.05, 0.1) is 6.61 Å². The quantitative estimate of drug-likeness (QED) is 0.435. The Morgan fingerprint density at radius 3 is 2.50 bits per heavy atom. The third kappa shape index (κ3) is 4.49. The molecule has 1 fully saturated rings. The smallest absolute Gasteiger partial charge is 0.338 e. The van der Waals surface area contributed by atoms with E-state index in [-0.39, 0.29) is 17.6 Å². The molecule has 1 aliphatic heterocycles. The predicted molar refractivity (Wildman–Crippen MR) is 96.5 cm³/mol. The zero-order valence-electron chi connectivity index (χ0n) is 14.7. The van der Waals surface area contributed by atoms with Crippen LogP contribution in [0.1, 0.15) is 26.2 Å². The number of benzene rings is 2. The molecule has 0 aliphatic carbocycles. The summed E-state index contributed by atoms with van der Waals surface area (Å²) in [5, 5.41) is 0. The van der Waals surface area contributed by atoms with Crippen LogP contribution in [0.4, 0.5) is 4.39 Å². The van der Waals surface area contributed by atoms with Gasteiger partial charge in [-0.2, -0.15) is 0 Å². The number of esters is 1. The lowest BCUT2D eigenvalue weighted by Crippen LogP contribution is -2.24. The standard InChI is InChI=1S/C21H21FO4/c1-14(2)21(23)26-17-10-11-18(19(22)13-17)15-6-8-16(9-7-15)25-20-5-3-4-12-24-20/h6-11,13,20H,1,3-5,12H2,2H3. The van der Waals surface area contributed by atoms with Crippen molar-refractivity contribution in [1.29, 1.82) is 0 Å². The van der Waals surface area contributed by atoms with E-state index in [1.165, 1.54) is 13.0 Å². The minimum atomic E-state index is -0.580. The van der Waals surface area contributed by atoms with E-state index in [4.69, 9.17) is 14.2 Å². The molecule has 0 amide bonds. The lowest BCUT2D eigenvalue weighted by molar-refractivity contribution is -0.130. The van der Waals surface area contributed by atoms with E-state index in [1.54, 1.807) is 36.4 Å². The Kier molecular flexibility index (Phi) is 5.68. The molecule has 26 heavy (non-hydrogen) atoms. The second-order valence-electron chi connectivity index (χ2n) is 6.25. The van der Waals surface area contributed by atoms with Crippen LogP contribution in [0, 0.1) is 5.82 Å². The Hall–Kier alpha value is -2.66. The van der Waals surface area contributed by atoms with Crippen molar-refractivity contribution in [2.75, 3.05) is 6.61 Å². The molecular weight excluding hydrogens is 335 g/mol. The fraction of sp³-hybridized carbons (Fsp3) is 0.286. The van der Waals surface area contributed by atoms with Gasteiger partial charge in [0.15, 0.2) is 6.29 Å². The number of halogens is 1. The highest BCUT2D eigenvalue weighted by atomic mass is 19.1. The van der Waals surface area contributed by atoms with Crippen LogP contribution in [0.25, 0.3) is 11.1 Å². The van der Waals surface area contributed by atoms with E-state index < -0.39 is 11.8 Å². The van der Waals surface area contributed by atoms with Crippen molar-refractivity contribution < 1.29 is 23.4 Å². The number of rotatable bonds is 5. The third-order valence-corrected chi connectivity index (χ3v) is 4.07. The molecule has 0 radical (unpaired) electrons. The molecule has 1 saturated heterocycles. The highest BCUT2D eigenvalue weighted by Crippen LogP contribution is 2.29. The molecule has 1 aliphatic rings. The molecule has 0 saturated carbocycles. The molecule has 2 aromatic carbocycles. The van der Waals surface area contributed by atoms with Crippen molar-refractivity contribution >= 4 is 5.97 Å². The zero-order chi connectivity index (χ0) is 18.5. The maximum absolute atomic E-state index is 14.4. The molecule has 4 nitrogen and oxygen atoms in total. The minimum Gasteiger partial charge on any atom is -0.465 e. The van der Waals surface area contributed by atoms with Crippen LogP contribution >= 0.6 is 0 Å². The van der Waals surface area contributed by atoms with Gasteiger partial charge in [-0.25, -0.2) is 9.18 Å². The summed E-state index contributed by atoms with van der Waals surface area (Å²) >= 11 is 0. The van der Waals surface area contributed by atoms with E-state index in [0.29, 0.717) is 16.9 Å². The summed E-state index contributed by atoms with van der Waals surface area (Å²) in [4.78, 5) is 11.5. The Morgan fingerprint density at radius 2 is 1.88 bits per heavy atom. The number of hydrogen-bond acceptors (Lipinski definition) is 4. The van der Waals surface area contributed by atoms with Gasteiger partial charge < -0.3 is 14.2 Å². The summed E-state index contributed by atoms with van der Waals surface area (Å²) < 4.78 is 30.8. The summed E-state index contributed by atoms with van der Waals surface area (Å²) in [5.41, 5.74) is 1.38. The fourth-order valence-electron chi connectivity index (χ4n) is 2.66. The molecule has 1 atom stereocenters. The lowest BCUT2D eigenvalue weighted by atomic mass is 10.0. The van der Waals surface area contributed by atoms with Gasteiger partial charge in [-0.05, 0) is 49.6 Å². The van der Waals surface area contributed by atoms with E-state index in [0.717, 1.165) is 25.9 Å². The maximum atomic E-state index is 14.4. The maximum Gasteiger partial charge on any atom is 0.338 e. The second kappa shape index (κ2) is 8.15. The predicted octanol–water partition coefficient (Wildman–Crippen LogP) is 4.88. The SMILES string of the molecule is C=C(C)C(=O)Oc1ccc(-c2ccc(OC3CCCCO3)cc2)c(F)c1. The number of carbonyl (C=O) groups is 1. The summed E-state index contributed by atoms with van der Waals surface area (Å²) in [6.07, 6.45) is 2.82. The summed E-state index contributed by atoms with van der Waals surface area (Å²) in [6.45, 7) is 5.75. The van der Waals surface area contributed by atoms with E-state index >= 15 is 0 Å². The summed E-state index contributed by atoms with van der Waals surface area (Å²) in [7, 11) is 0. The fourth-order valence-corrected chi connectivity index (χ4v) is 2.66. The molecule has 0 N–H and O–H groups in total. The molecule has 3 rings (SSSR count). The summed E-state index contributed by atoms with van der Waals surface area (Å²) in [5.74, 6) is -0.216. The molecule has 2 aromatic rings. The largest absolute Gasteiger partial charge is 0.465 e. The first-order valence-corrected chi connectivity index (χ1v) is 8.59. The number of carbonyl (C=O) groups excluding carboxylic acids is 1. The van der Waals surface area contributed by atoms with Crippen molar-refractivity contribution in [2.24, 2.45) is 0 Å². The Balaban J connectivity index is 1.70. The van der Waals surface area contributed by atoms with Gasteiger partial charge in [0.25, 0.3) is 0 Å². The van der Waals surface area contributed by atoms with Gasteiger partial charge >= 0.3 is 5.97 Å². The minimum absolute atomic E-state index is 0.147. The van der Waals surface area contributed by atoms with Crippen molar-refractivity contribution in [3.05, 3.63) is 60.4 Å². The van der Waals surface area contributed by atoms with Crippen LogP contribution < -0.4 is 9.47 Å². The molecule has 1 unspecified atom stereocenters. The number of ether oxygens (including phenoxy) is 3. The van der Waals surface area contributed by atoms with Crippen LogP contribution in [-0.2, 0) is 9.53 Å². The topological polar surface area (TPSA) is 44.8 Å². The molecule has 0 spiro atoms. The van der Waals surface area contributed by atoms with Crippen LogP contribution in [0.3, 0.4) is 0 Å². The average Bonchev–Trinajstić information content (AvgIpc) is 2.63. The van der Waals surface area contributed by atoms with E-state index in [2.05, 4.69) is 6.58 Å². The van der Waals surface area contributed by atoms with Crippen LogP contribution in [0.15, 0.2) is 54.6 Å². The average molecular weight is 356 g/mol. The molecule has 136 valence electrons. The van der Waals surface area contributed by atoms with Crippen LogP contribution in [0.2, 0.25) is 0 Å². The van der Waals surface area contributed by atoms with Crippen molar-refractivity contribution in [3.63, 3.8) is 0 Å². The van der Waals surface area contributed by atoms with Crippen LogP contribution in [0.5, 0.6) is 11.5 Å². The van der Waals surface area contributed by atoms with Crippen LogP contribution in [-0.4, -0.2) is 18.9 Å². The van der Waals surface area contributed by atoms with Crippen molar-refractivity contribution in [2.45, 2.75) is 32.5 Å². The van der Waals surface area contributed by atoms with E-state index in [1.807, 2.05) is 0 Å². The Labute approximate surface area is 152 Å². The Morgan fingerprint density at radius 1 is 1.15 bits per heavy atom. The van der Waals surface area contributed by atoms with Gasteiger partial charge in [0, 0.05) is 23.6 Å². The van der Waals surface area contributed by atoms with Gasteiger partial charge in [0.2, 0.25) is 0 Å². The molecule has 1 heterocycles. The molecule has 5 heteroatoms. The van der Waals surface area contributed by atoms with E-state index in [9.17, 15) is 9.18 Å². The van der Waals surface area contributed by atoms with Crippen molar-refractivity contribution in [3.8, 4) is 22.6 Å². The summed E-state index contributed by atoms with van der Waals surface area (Å²) in [6, 6.07) is 11.5. The highest BCUT2D eigenvalue weighted by Gasteiger charge is 2.15. The molecular formula is C21H21FO4. The number of hydrogen-bond donors (Lipinski definition) is 0. The van der Waals surface area contributed by atoms with Gasteiger partial charge in [-0.3, -0.25) is 0 Å². The highest BCUT2D eigenvalue weighted by molar-refractivity contribution is 5.88. The first kappa shape index (κ1) is 18.1. The third-order valence-electron chi connectivity index (χ3n) is 4.07. The molecule has 0 bridgehead atoms. The first-order chi connectivity index (χ1) is 12.5. The van der Waals surface area contributed by atoms with Gasteiger partial charge in [-0.15, -0.1) is 0 Å². The monoisotopic (exact) mass is 356 g/mol. The second-order valence-corrected chi connectivity index (χ2v) is 6.25. The lowest BCUT2D eigenvalue weighted by Gasteiger charge is -2.23. The Bertz CT molecular complexity index is 792. The van der Waals surface area contributed by atoms with Gasteiger partial charge in [-0.1, -0.05) is 18.7 Å². The molecule has 0 aromatic heterocycles. The van der Waals surface area contributed by atoms with Crippen molar-refractivity contribution in [1.82, 2.24) is 0 Å².